The fourth-order valence-electron chi connectivity index (χ4n) is 6.05. The van der Waals surface area contributed by atoms with Crippen molar-refractivity contribution in [1.82, 2.24) is 0 Å². The lowest BCUT2D eigenvalue weighted by Gasteiger charge is -2.42. The highest BCUT2D eigenvalue weighted by Gasteiger charge is 2.46. The molecule has 1 saturated heterocycles. The van der Waals surface area contributed by atoms with Crippen molar-refractivity contribution in [3.63, 3.8) is 0 Å². The van der Waals surface area contributed by atoms with Crippen LogP contribution in [0.2, 0.25) is 16.6 Å². The maximum Gasteiger partial charge on any atom is 0.258 e. The molecule has 1 N–H and O–H groups in total. The number of rotatable bonds is 16. The van der Waals surface area contributed by atoms with Crippen LogP contribution in [0.5, 0.6) is 11.5 Å². The van der Waals surface area contributed by atoms with Gasteiger partial charge >= 0.3 is 0 Å². The van der Waals surface area contributed by atoms with Crippen LogP contribution in [0, 0.1) is 5.92 Å². The lowest BCUT2D eigenvalue weighted by Crippen LogP contribution is -2.50. The normalized spacial score (nSPS) is 15.4. The van der Waals surface area contributed by atoms with Crippen molar-refractivity contribution in [3.8, 4) is 11.5 Å². The van der Waals surface area contributed by atoms with E-state index in [2.05, 4.69) is 103 Å². The summed E-state index contributed by atoms with van der Waals surface area (Å²) in [6.07, 6.45) is 4.43. The molecule has 0 saturated carbocycles. The molecule has 0 bridgehead atoms. The average Bonchev–Trinajstić information content (AvgIpc) is 3.46. The van der Waals surface area contributed by atoms with E-state index >= 15 is 0 Å². The van der Waals surface area contributed by atoms with Gasteiger partial charge in [-0.25, -0.2) is 0 Å². The van der Waals surface area contributed by atoms with Gasteiger partial charge < -0.3 is 24.0 Å². The number of hydrogen-bond acceptors (Lipinski definition) is 5. The molecular weight excluding hydrogens is 502 g/mol. The number of ether oxygens (including phenoxy) is 3. The Labute approximate surface area is 239 Å². The van der Waals surface area contributed by atoms with Gasteiger partial charge in [-0.2, -0.15) is 0 Å². The van der Waals surface area contributed by atoms with E-state index < -0.39 is 8.32 Å². The topological polar surface area (TPSA) is 49.0 Å². The van der Waals surface area contributed by atoms with Gasteiger partial charge in [0.1, 0.15) is 11.5 Å². The molecular formula is C33H53NO4Si. The molecule has 6 heteroatoms. The fraction of sp³-hybridized carbons (Fsp3) is 0.636. The van der Waals surface area contributed by atoms with Crippen molar-refractivity contribution in [2.75, 3.05) is 25.1 Å². The second-order valence-corrected chi connectivity index (χ2v) is 17.3. The predicted octanol–water partition coefficient (Wildman–Crippen LogP) is 9.49. The van der Waals surface area contributed by atoms with Crippen LogP contribution in [0.4, 0.5) is 5.69 Å². The minimum atomic E-state index is -1.96. The lowest BCUT2D eigenvalue weighted by atomic mass is 10.0. The lowest BCUT2D eigenvalue weighted by molar-refractivity contribution is -0.0459. The Hall–Kier alpha value is -2.02. The highest BCUT2D eigenvalue weighted by molar-refractivity contribution is 6.78. The van der Waals surface area contributed by atoms with Crippen LogP contribution >= 0.6 is 0 Å². The van der Waals surface area contributed by atoms with Gasteiger partial charge in [0.05, 0.1) is 25.4 Å². The highest BCUT2D eigenvalue weighted by atomic mass is 28.4. The number of nitrogens with one attached hydrogen (secondary N) is 1. The van der Waals surface area contributed by atoms with Crippen molar-refractivity contribution < 1.29 is 18.6 Å². The van der Waals surface area contributed by atoms with Gasteiger partial charge in [0.2, 0.25) is 0 Å². The van der Waals surface area contributed by atoms with Gasteiger partial charge in [-0.05, 0) is 64.9 Å². The molecule has 3 rings (SSSR count). The van der Waals surface area contributed by atoms with E-state index in [1.165, 1.54) is 24.8 Å². The molecule has 0 aliphatic carbocycles. The standard InChI is InChI=1S/C33H53NO4Si/c1-9-11-12-27(10-2)23-37-32-18-15-29(21-31(32)33-35-19-20-36-33)34-22-28-13-16-30(17-14-28)38-39(24(3)4,25(5)6)26(7)8/h13-18,21,24-27,33-34H,9-12,19-20,22-23H2,1-8H3. The molecule has 1 aliphatic rings. The van der Waals surface area contributed by atoms with Crippen molar-refractivity contribution in [3.05, 3.63) is 53.6 Å². The molecule has 218 valence electrons. The molecule has 0 radical (unpaired) electrons. The monoisotopic (exact) mass is 555 g/mol. The molecule has 0 aromatic heterocycles. The molecule has 0 spiro atoms. The second kappa shape index (κ2) is 15.1. The summed E-state index contributed by atoms with van der Waals surface area (Å²) in [5, 5.41) is 3.58. The van der Waals surface area contributed by atoms with Gasteiger partial charge in [0, 0.05) is 12.2 Å². The largest absolute Gasteiger partial charge is 0.543 e. The molecule has 1 heterocycles. The number of hydrogen-bond donors (Lipinski definition) is 1. The Balaban J connectivity index is 1.67. The highest BCUT2D eigenvalue weighted by Crippen LogP contribution is 2.42. The Kier molecular flexibility index (Phi) is 12.2. The maximum atomic E-state index is 6.84. The third-order valence-electron chi connectivity index (χ3n) is 8.33. The molecule has 2 aromatic carbocycles. The second-order valence-electron chi connectivity index (χ2n) is 12.0. The molecule has 1 aliphatic heterocycles. The summed E-state index contributed by atoms with van der Waals surface area (Å²) >= 11 is 0. The van der Waals surface area contributed by atoms with Gasteiger partial charge in [-0.3, -0.25) is 0 Å². The summed E-state index contributed by atoms with van der Waals surface area (Å²) in [5.74, 6) is 2.42. The molecule has 5 nitrogen and oxygen atoms in total. The van der Waals surface area contributed by atoms with Crippen LogP contribution in [0.1, 0.15) is 98.5 Å². The van der Waals surface area contributed by atoms with Crippen molar-refractivity contribution in [1.29, 1.82) is 0 Å². The van der Waals surface area contributed by atoms with E-state index in [9.17, 15) is 0 Å². The first-order valence-corrected chi connectivity index (χ1v) is 17.4. The van der Waals surface area contributed by atoms with Crippen LogP contribution in [0.3, 0.4) is 0 Å². The summed E-state index contributed by atoms with van der Waals surface area (Å²) in [7, 11) is -1.96. The van der Waals surface area contributed by atoms with Crippen LogP contribution in [-0.2, 0) is 16.0 Å². The summed E-state index contributed by atoms with van der Waals surface area (Å²) < 4.78 is 24.9. The zero-order chi connectivity index (χ0) is 28.4. The smallest absolute Gasteiger partial charge is 0.258 e. The van der Waals surface area contributed by atoms with Crippen molar-refractivity contribution in [2.45, 2.75) is 111 Å². The van der Waals surface area contributed by atoms with Crippen LogP contribution in [0.15, 0.2) is 42.5 Å². The van der Waals surface area contributed by atoms with Crippen LogP contribution in [0.25, 0.3) is 0 Å². The molecule has 2 aromatic rings. The van der Waals surface area contributed by atoms with Crippen LogP contribution < -0.4 is 14.5 Å². The van der Waals surface area contributed by atoms with Gasteiger partial charge in [0.15, 0.2) is 6.29 Å². The van der Waals surface area contributed by atoms with Gasteiger partial charge in [0.25, 0.3) is 8.32 Å². The Morgan fingerprint density at radius 1 is 0.897 bits per heavy atom. The van der Waals surface area contributed by atoms with E-state index in [-0.39, 0.29) is 6.29 Å². The minimum Gasteiger partial charge on any atom is -0.543 e. The Morgan fingerprint density at radius 2 is 1.54 bits per heavy atom. The van der Waals surface area contributed by atoms with Gasteiger partial charge in [-0.1, -0.05) is 86.8 Å². The summed E-state index contributed by atoms with van der Waals surface area (Å²) in [4.78, 5) is 0. The zero-order valence-electron chi connectivity index (χ0n) is 25.7. The molecule has 1 fully saturated rings. The fourth-order valence-corrected chi connectivity index (χ4v) is 11.3. The van der Waals surface area contributed by atoms with E-state index in [1.807, 2.05) is 0 Å². The number of anilines is 1. The minimum absolute atomic E-state index is 0.374. The first-order valence-electron chi connectivity index (χ1n) is 15.2. The molecule has 0 amide bonds. The summed E-state index contributed by atoms with van der Waals surface area (Å²) in [6.45, 7) is 21.1. The van der Waals surface area contributed by atoms with Gasteiger partial charge in [-0.15, -0.1) is 0 Å². The Morgan fingerprint density at radius 3 is 2.10 bits per heavy atom. The van der Waals surface area contributed by atoms with Crippen LogP contribution in [-0.4, -0.2) is 28.1 Å². The summed E-state index contributed by atoms with van der Waals surface area (Å²) in [6, 6.07) is 14.9. The van der Waals surface area contributed by atoms with Crippen molar-refractivity contribution >= 4 is 14.0 Å². The average molecular weight is 556 g/mol. The summed E-state index contributed by atoms with van der Waals surface area (Å²) in [5.41, 5.74) is 4.86. The third-order valence-corrected chi connectivity index (χ3v) is 14.3. The first-order chi connectivity index (χ1) is 18.7. The van der Waals surface area contributed by atoms with E-state index in [1.54, 1.807) is 0 Å². The quantitative estimate of drug-likeness (QED) is 0.209. The zero-order valence-corrected chi connectivity index (χ0v) is 26.7. The van der Waals surface area contributed by atoms with E-state index in [0.29, 0.717) is 35.8 Å². The molecule has 1 unspecified atom stereocenters. The Bertz CT molecular complexity index is 964. The molecule has 39 heavy (non-hydrogen) atoms. The maximum absolute atomic E-state index is 6.84. The van der Waals surface area contributed by atoms with E-state index in [0.717, 1.165) is 42.3 Å². The first kappa shape index (κ1) is 31.5. The van der Waals surface area contributed by atoms with Crippen molar-refractivity contribution in [2.24, 2.45) is 5.92 Å². The number of benzene rings is 2. The SMILES string of the molecule is CCCCC(CC)COc1ccc(NCc2ccc(O[Si](C(C)C)(C(C)C)C(C)C)cc2)cc1C1OCCO1. The third kappa shape index (κ3) is 8.24. The predicted molar refractivity (Wildman–Crippen MR) is 165 cm³/mol. The number of unbranched alkanes of at least 4 members (excludes halogenated alkanes) is 1. The van der Waals surface area contributed by atoms with E-state index in [4.69, 9.17) is 18.6 Å². The molecule has 1 atom stereocenters.